The zero-order valence-corrected chi connectivity index (χ0v) is 11.2. The predicted octanol–water partition coefficient (Wildman–Crippen LogP) is 3.77. The molecule has 16 heavy (non-hydrogen) atoms. The highest BCUT2D eigenvalue weighted by Crippen LogP contribution is 2.09. The Balaban J connectivity index is 3.96. The van der Waals surface area contributed by atoms with Gasteiger partial charge in [0.1, 0.15) is 0 Å². The minimum absolute atomic E-state index is 0.154. The molecule has 0 N–H and O–H groups in total. The maximum absolute atomic E-state index is 12.0. The van der Waals surface area contributed by atoms with Gasteiger partial charge in [0.05, 0.1) is 0 Å². The largest absolute Gasteiger partial charge is 0.339 e. The molecule has 0 unspecified atom stereocenters. The van der Waals surface area contributed by atoms with Crippen molar-refractivity contribution in [2.45, 2.75) is 59.3 Å². The second-order valence-electron chi connectivity index (χ2n) is 4.30. The van der Waals surface area contributed by atoms with Gasteiger partial charge in [-0.05, 0) is 19.8 Å². The summed E-state index contributed by atoms with van der Waals surface area (Å²) in [5.41, 5.74) is 0.764. The second kappa shape index (κ2) is 9.44. The molecule has 0 aliphatic rings. The zero-order valence-electron chi connectivity index (χ0n) is 11.2. The van der Waals surface area contributed by atoms with Crippen LogP contribution in [0.5, 0.6) is 0 Å². The van der Waals surface area contributed by atoms with Gasteiger partial charge >= 0.3 is 0 Å². The monoisotopic (exact) mass is 225 g/mol. The van der Waals surface area contributed by atoms with E-state index in [0.717, 1.165) is 37.9 Å². The Bertz CT molecular complexity index is 211. The van der Waals surface area contributed by atoms with Gasteiger partial charge in [-0.3, -0.25) is 4.79 Å². The highest BCUT2D eigenvalue weighted by atomic mass is 16.2. The van der Waals surface area contributed by atoms with Crippen molar-refractivity contribution in [3.63, 3.8) is 0 Å². The van der Waals surface area contributed by atoms with E-state index in [2.05, 4.69) is 20.4 Å². The highest BCUT2D eigenvalue weighted by Gasteiger charge is 2.13. The molecule has 0 atom stereocenters. The molecule has 0 rings (SSSR count). The number of hydrogen-bond acceptors (Lipinski definition) is 1. The summed E-state index contributed by atoms with van der Waals surface area (Å²) in [4.78, 5) is 13.9. The molecule has 0 fully saturated rings. The van der Waals surface area contributed by atoms with Gasteiger partial charge in [0, 0.05) is 18.7 Å². The van der Waals surface area contributed by atoms with Gasteiger partial charge in [0.25, 0.3) is 0 Å². The molecule has 0 aromatic heterocycles. The van der Waals surface area contributed by atoms with Gasteiger partial charge in [-0.25, -0.2) is 0 Å². The van der Waals surface area contributed by atoms with Crippen molar-refractivity contribution in [1.29, 1.82) is 0 Å². The third-order valence-electron chi connectivity index (χ3n) is 2.80. The maximum atomic E-state index is 12.0. The first-order chi connectivity index (χ1) is 7.67. The molecule has 0 saturated carbocycles. The van der Waals surface area contributed by atoms with E-state index in [9.17, 15) is 4.79 Å². The molecule has 0 aromatic carbocycles. The van der Waals surface area contributed by atoms with E-state index in [4.69, 9.17) is 0 Å². The predicted molar refractivity (Wildman–Crippen MR) is 70.4 cm³/mol. The quantitative estimate of drug-likeness (QED) is 0.432. The number of unbranched alkanes of at least 4 members (excludes halogenated alkanes) is 3. The number of carbonyl (C=O) groups excluding carboxylic acids is 1. The van der Waals surface area contributed by atoms with E-state index in [1.165, 1.54) is 19.3 Å². The summed E-state index contributed by atoms with van der Waals surface area (Å²) in [5.74, 6) is 0.154. The van der Waals surface area contributed by atoms with Gasteiger partial charge in [-0.2, -0.15) is 0 Å². The first kappa shape index (κ1) is 15.2. The maximum Gasteiger partial charge on any atom is 0.249 e. The van der Waals surface area contributed by atoms with Crippen LogP contribution in [-0.2, 0) is 4.79 Å². The van der Waals surface area contributed by atoms with Crippen molar-refractivity contribution in [1.82, 2.24) is 4.90 Å². The SMILES string of the molecule is C=C(CCC)C(=O)N(CC)CCCCCC. The minimum atomic E-state index is 0.154. The topological polar surface area (TPSA) is 20.3 Å². The van der Waals surface area contributed by atoms with Gasteiger partial charge in [-0.1, -0.05) is 46.1 Å². The van der Waals surface area contributed by atoms with E-state index in [1.54, 1.807) is 0 Å². The Hall–Kier alpha value is -0.790. The molecule has 1 amide bonds. The summed E-state index contributed by atoms with van der Waals surface area (Å²) >= 11 is 0. The molecule has 0 heterocycles. The first-order valence-electron chi connectivity index (χ1n) is 6.64. The Kier molecular flexibility index (Phi) is 8.97. The van der Waals surface area contributed by atoms with Crippen LogP contribution < -0.4 is 0 Å². The van der Waals surface area contributed by atoms with E-state index in [-0.39, 0.29) is 5.91 Å². The summed E-state index contributed by atoms with van der Waals surface area (Å²) in [6, 6.07) is 0. The number of rotatable bonds is 9. The fourth-order valence-electron chi connectivity index (χ4n) is 1.77. The lowest BCUT2D eigenvalue weighted by Gasteiger charge is -2.21. The van der Waals surface area contributed by atoms with Gasteiger partial charge < -0.3 is 4.90 Å². The van der Waals surface area contributed by atoms with Crippen LogP contribution in [0.1, 0.15) is 59.3 Å². The van der Waals surface area contributed by atoms with Gasteiger partial charge in [0.2, 0.25) is 5.91 Å². The normalized spacial score (nSPS) is 10.2. The molecule has 0 saturated heterocycles. The number of amides is 1. The minimum Gasteiger partial charge on any atom is -0.339 e. The molecule has 2 nitrogen and oxygen atoms in total. The van der Waals surface area contributed by atoms with Crippen molar-refractivity contribution in [3.8, 4) is 0 Å². The number of hydrogen-bond donors (Lipinski definition) is 0. The fourth-order valence-corrected chi connectivity index (χ4v) is 1.77. The van der Waals surface area contributed by atoms with E-state index in [1.807, 2.05) is 11.8 Å². The molecule has 94 valence electrons. The van der Waals surface area contributed by atoms with Crippen molar-refractivity contribution in [2.24, 2.45) is 0 Å². The fraction of sp³-hybridized carbons (Fsp3) is 0.786. The van der Waals surface area contributed by atoms with Gasteiger partial charge in [0.15, 0.2) is 0 Å². The van der Waals surface area contributed by atoms with Crippen molar-refractivity contribution >= 4 is 5.91 Å². The third kappa shape index (κ3) is 5.94. The van der Waals surface area contributed by atoms with Crippen LogP contribution in [0.3, 0.4) is 0 Å². The smallest absolute Gasteiger partial charge is 0.249 e. The van der Waals surface area contributed by atoms with Crippen molar-refractivity contribution in [3.05, 3.63) is 12.2 Å². The lowest BCUT2D eigenvalue weighted by atomic mass is 10.1. The lowest BCUT2D eigenvalue weighted by Crippen LogP contribution is -2.32. The van der Waals surface area contributed by atoms with E-state index < -0.39 is 0 Å². The molecular weight excluding hydrogens is 198 g/mol. The van der Waals surface area contributed by atoms with Crippen LogP contribution in [0.2, 0.25) is 0 Å². The summed E-state index contributed by atoms with van der Waals surface area (Å²) in [6.07, 6.45) is 6.67. The summed E-state index contributed by atoms with van der Waals surface area (Å²) in [5, 5.41) is 0. The molecular formula is C14H27NO. The molecule has 0 bridgehead atoms. The molecule has 0 radical (unpaired) electrons. The lowest BCUT2D eigenvalue weighted by molar-refractivity contribution is -0.127. The van der Waals surface area contributed by atoms with E-state index in [0.29, 0.717) is 0 Å². The van der Waals surface area contributed by atoms with Crippen LogP contribution >= 0.6 is 0 Å². The Labute approximate surface area is 101 Å². The van der Waals surface area contributed by atoms with Crippen LogP contribution in [-0.4, -0.2) is 23.9 Å². The second-order valence-corrected chi connectivity index (χ2v) is 4.30. The van der Waals surface area contributed by atoms with E-state index >= 15 is 0 Å². The number of carbonyl (C=O) groups is 1. The van der Waals surface area contributed by atoms with Crippen molar-refractivity contribution in [2.75, 3.05) is 13.1 Å². The third-order valence-corrected chi connectivity index (χ3v) is 2.80. The van der Waals surface area contributed by atoms with Gasteiger partial charge in [-0.15, -0.1) is 0 Å². The molecule has 0 aliphatic heterocycles. The van der Waals surface area contributed by atoms with Crippen LogP contribution in [0.4, 0.5) is 0 Å². The summed E-state index contributed by atoms with van der Waals surface area (Å²) < 4.78 is 0. The molecule has 0 spiro atoms. The number of likely N-dealkylation sites (N-methyl/N-ethyl adjacent to an activating group) is 1. The first-order valence-corrected chi connectivity index (χ1v) is 6.64. The number of nitrogens with zero attached hydrogens (tertiary/aromatic N) is 1. The molecule has 2 heteroatoms. The highest BCUT2D eigenvalue weighted by molar-refractivity contribution is 5.92. The zero-order chi connectivity index (χ0) is 12.4. The average molecular weight is 225 g/mol. The Morgan fingerprint density at radius 2 is 1.75 bits per heavy atom. The standard InChI is InChI=1S/C14H27NO/c1-5-8-9-10-12-15(7-3)14(16)13(4)11-6-2/h4-12H2,1-3H3. The average Bonchev–Trinajstić information content (AvgIpc) is 2.29. The molecule has 0 aromatic rings. The molecule has 0 aliphatic carbocycles. The summed E-state index contributed by atoms with van der Waals surface area (Å²) in [6.45, 7) is 11.9. The Morgan fingerprint density at radius 1 is 1.06 bits per heavy atom. The Morgan fingerprint density at radius 3 is 2.25 bits per heavy atom. The van der Waals surface area contributed by atoms with Crippen LogP contribution in [0.25, 0.3) is 0 Å². The summed E-state index contributed by atoms with van der Waals surface area (Å²) in [7, 11) is 0. The van der Waals surface area contributed by atoms with Crippen LogP contribution in [0.15, 0.2) is 12.2 Å². The van der Waals surface area contributed by atoms with Crippen LogP contribution in [0, 0.1) is 0 Å². The van der Waals surface area contributed by atoms with Crippen molar-refractivity contribution < 1.29 is 4.79 Å².